The smallest absolute Gasteiger partial charge is 0.370 e. The second kappa shape index (κ2) is 8.52. The standard InChI is InChI=1S/C20H23F3N6O3/c1-5-28(6-2)14-8-7-12(20(21,22)23)9-13(14)25-15(30)10-29-18(31)16-17(24-11-26(16)3)27(4)19(29)32/h7-9,11H,5-6,10H2,1-4H3,(H,25,30). The Morgan fingerprint density at radius 2 is 1.81 bits per heavy atom. The van der Waals surface area contributed by atoms with Gasteiger partial charge in [-0.3, -0.25) is 14.2 Å². The zero-order valence-electron chi connectivity index (χ0n) is 18.0. The maximum absolute atomic E-state index is 13.2. The highest BCUT2D eigenvalue weighted by atomic mass is 19.4. The highest BCUT2D eigenvalue weighted by molar-refractivity contribution is 5.94. The number of aromatic nitrogens is 4. The Morgan fingerprint density at radius 3 is 2.41 bits per heavy atom. The number of anilines is 2. The van der Waals surface area contributed by atoms with E-state index in [1.165, 1.54) is 24.0 Å². The Hall–Kier alpha value is -3.57. The number of benzene rings is 1. The van der Waals surface area contributed by atoms with Gasteiger partial charge in [-0.15, -0.1) is 0 Å². The van der Waals surface area contributed by atoms with Gasteiger partial charge in [-0.25, -0.2) is 14.3 Å². The Balaban J connectivity index is 2.02. The summed E-state index contributed by atoms with van der Waals surface area (Å²) in [5, 5.41) is 2.44. The Kier molecular flexibility index (Phi) is 6.15. The van der Waals surface area contributed by atoms with Crippen LogP contribution in [0.5, 0.6) is 0 Å². The molecule has 1 amide bonds. The highest BCUT2D eigenvalue weighted by Crippen LogP contribution is 2.35. The molecule has 172 valence electrons. The van der Waals surface area contributed by atoms with Crippen molar-refractivity contribution in [1.82, 2.24) is 18.7 Å². The molecule has 32 heavy (non-hydrogen) atoms. The van der Waals surface area contributed by atoms with E-state index in [-0.39, 0.29) is 16.9 Å². The van der Waals surface area contributed by atoms with Gasteiger partial charge in [0.25, 0.3) is 5.56 Å². The van der Waals surface area contributed by atoms with E-state index in [0.717, 1.165) is 21.3 Å². The third-order valence-corrected chi connectivity index (χ3v) is 5.20. The van der Waals surface area contributed by atoms with Crippen molar-refractivity contribution in [2.75, 3.05) is 23.3 Å². The number of nitrogens with zero attached hydrogens (tertiary/aromatic N) is 5. The number of rotatable bonds is 6. The van der Waals surface area contributed by atoms with Crippen LogP contribution in [0.2, 0.25) is 0 Å². The molecule has 2 aromatic heterocycles. The number of alkyl halides is 3. The summed E-state index contributed by atoms with van der Waals surface area (Å²) < 4.78 is 43.0. The molecule has 0 spiro atoms. The molecule has 1 aromatic carbocycles. The zero-order chi connectivity index (χ0) is 23.8. The molecule has 12 heteroatoms. The van der Waals surface area contributed by atoms with Crippen molar-refractivity contribution in [2.24, 2.45) is 14.1 Å². The second-order valence-corrected chi connectivity index (χ2v) is 7.21. The van der Waals surface area contributed by atoms with Gasteiger partial charge in [0.2, 0.25) is 5.91 Å². The predicted molar refractivity (Wildman–Crippen MR) is 114 cm³/mol. The van der Waals surface area contributed by atoms with Gasteiger partial charge < -0.3 is 14.8 Å². The number of fused-ring (bicyclic) bond motifs is 1. The highest BCUT2D eigenvalue weighted by Gasteiger charge is 2.31. The summed E-state index contributed by atoms with van der Waals surface area (Å²) in [6, 6.07) is 3.08. The van der Waals surface area contributed by atoms with E-state index in [2.05, 4.69) is 10.3 Å². The first-order chi connectivity index (χ1) is 15.0. The minimum absolute atomic E-state index is 0.0555. The van der Waals surface area contributed by atoms with Crippen LogP contribution < -0.4 is 21.5 Å². The molecule has 0 radical (unpaired) electrons. The van der Waals surface area contributed by atoms with E-state index >= 15 is 0 Å². The third-order valence-electron chi connectivity index (χ3n) is 5.20. The summed E-state index contributed by atoms with van der Waals surface area (Å²) in [6.45, 7) is 4.00. The molecule has 0 unspecified atom stereocenters. The topological polar surface area (TPSA) is 94.2 Å². The molecule has 0 atom stereocenters. The lowest BCUT2D eigenvalue weighted by atomic mass is 10.1. The molecule has 0 saturated heterocycles. The largest absolute Gasteiger partial charge is 0.416 e. The van der Waals surface area contributed by atoms with Crippen LogP contribution in [-0.2, 0) is 31.6 Å². The van der Waals surface area contributed by atoms with Gasteiger partial charge in [0, 0.05) is 27.2 Å². The van der Waals surface area contributed by atoms with Crippen LogP contribution in [0.1, 0.15) is 19.4 Å². The first-order valence-electron chi connectivity index (χ1n) is 9.86. The van der Waals surface area contributed by atoms with Crippen molar-refractivity contribution in [3.8, 4) is 0 Å². The lowest BCUT2D eigenvalue weighted by Gasteiger charge is -2.25. The number of carbonyl (C=O) groups is 1. The van der Waals surface area contributed by atoms with Crippen molar-refractivity contribution < 1.29 is 18.0 Å². The number of hydrogen-bond acceptors (Lipinski definition) is 5. The molecule has 0 bridgehead atoms. The average Bonchev–Trinajstić information content (AvgIpc) is 3.12. The maximum Gasteiger partial charge on any atom is 0.416 e. The van der Waals surface area contributed by atoms with E-state index in [0.29, 0.717) is 18.8 Å². The molecule has 3 rings (SSSR count). The molecular weight excluding hydrogens is 429 g/mol. The number of amides is 1. The summed E-state index contributed by atoms with van der Waals surface area (Å²) in [4.78, 5) is 43.9. The van der Waals surface area contributed by atoms with Gasteiger partial charge in [0.05, 0.1) is 23.3 Å². The minimum Gasteiger partial charge on any atom is -0.370 e. The molecule has 9 nitrogen and oxygen atoms in total. The number of carbonyl (C=O) groups excluding carboxylic acids is 1. The summed E-state index contributed by atoms with van der Waals surface area (Å²) in [6.07, 6.45) is -3.23. The molecule has 0 fully saturated rings. The van der Waals surface area contributed by atoms with Gasteiger partial charge in [0.1, 0.15) is 6.54 Å². The van der Waals surface area contributed by atoms with Gasteiger partial charge >= 0.3 is 11.9 Å². The molecular formula is C20H23F3N6O3. The predicted octanol–water partition coefficient (Wildman–Crippen LogP) is 1.94. The Morgan fingerprint density at radius 1 is 1.16 bits per heavy atom. The first kappa shape index (κ1) is 23.1. The van der Waals surface area contributed by atoms with E-state index in [1.54, 1.807) is 11.9 Å². The van der Waals surface area contributed by atoms with Gasteiger partial charge in [-0.05, 0) is 32.0 Å². The van der Waals surface area contributed by atoms with Crippen molar-refractivity contribution in [3.63, 3.8) is 0 Å². The van der Waals surface area contributed by atoms with Gasteiger partial charge in [0.15, 0.2) is 11.2 Å². The first-order valence-corrected chi connectivity index (χ1v) is 9.86. The van der Waals surface area contributed by atoms with Crippen LogP contribution in [-0.4, -0.2) is 37.7 Å². The Bertz CT molecular complexity index is 1280. The number of imidazole rings is 1. The molecule has 3 aromatic rings. The van der Waals surface area contributed by atoms with Crippen molar-refractivity contribution in [1.29, 1.82) is 0 Å². The second-order valence-electron chi connectivity index (χ2n) is 7.21. The van der Waals surface area contributed by atoms with Crippen LogP contribution >= 0.6 is 0 Å². The quantitative estimate of drug-likeness (QED) is 0.617. The van der Waals surface area contributed by atoms with Gasteiger partial charge in [-0.1, -0.05) is 0 Å². The van der Waals surface area contributed by atoms with Gasteiger partial charge in [-0.2, -0.15) is 13.2 Å². The lowest BCUT2D eigenvalue weighted by molar-refractivity contribution is -0.137. The number of aryl methyl sites for hydroxylation is 2. The fourth-order valence-electron chi connectivity index (χ4n) is 3.52. The fourth-order valence-corrected chi connectivity index (χ4v) is 3.52. The van der Waals surface area contributed by atoms with Crippen molar-refractivity contribution in [2.45, 2.75) is 26.6 Å². The van der Waals surface area contributed by atoms with E-state index < -0.39 is 35.4 Å². The summed E-state index contributed by atoms with van der Waals surface area (Å²) in [5.41, 5.74) is -1.76. The number of hydrogen-bond donors (Lipinski definition) is 1. The van der Waals surface area contributed by atoms with Crippen LogP contribution in [0.25, 0.3) is 11.2 Å². The normalized spacial score (nSPS) is 11.7. The molecule has 2 heterocycles. The van der Waals surface area contributed by atoms with E-state index in [9.17, 15) is 27.6 Å². The number of nitrogens with one attached hydrogen (secondary N) is 1. The van der Waals surface area contributed by atoms with Crippen LogP contribution in [0.4, 0.5) is 24.5 Å². The fraction of sp³-hybridized carbons (Fsp3) is 0.400. The third kappa shape index (κ3) is 4.12. The van der Waals surface area contributed by atoms with Crippen LogP contribution in [0.15, 0.2) is 34.1 Å². The molecule has 0 aliphatic carbocycles. The van der Waals surface area contributed by atoms with Crippen molar-refractivity contribution in [3.05, 3.63) is 50.9 Å². The number of halogens is 3. The zero-order valence-corrected chi connectivity index (χ0v) is 18.0. The minimum atomic E-state index is -4.60. The average molecular weight is 452 g/mol. The Labute approximate surface area is 180 Å². The lowest BCUT2D eigenvalue weighted by Crippen LogP contribution is -2.42. The van der Waals surface area contributed by atoms with Crippen molar-refractivity contribution >= 4 is 28.4 Å². The summed E-state index contributed by atoms with van der Waals surface area (Å²) >= 11 is 0. The maximum atomic E-state index is 13.2. The van der Waals surface area contributed by atoms with E-state index in [4.69, 9.17) is 0 Å². The molecule has 0 aliphatic rings. The monoisotopic (exact) mass is 452 g/mol. The molecule has 0 aliphatic heterocycles. The SMILES string of the molecule is CCN(CC)c1ccc(C(F)(F)F)cc1NC(=O)Cn1c(=O)c2c(ncn2C)n(C)c1=O. The van der Waals surface area contributed by atoms with Crippen LogP contribution in [0.3, 0.4) is 0 Å². The van der Waals surface area contributed by atoms with Crippen LogP contribution in [0, 0.1) is 0 Å². The molecule has 1 N–H and O–H groups in total. The summed E-state index contributed by atoms with van der Waals surface area (Å²) in [5.74, 6) is -0.807. The molecule has 0 saturated carbocycles. The van der Waals surface area contributed by atoms with E-state index in [1.807, 2.05) is 13.8 Å². The summed E-state index contributed by atoms with van der Waals surface area (Å²) in [7, 11) is 2.99.